The molecule has 3 heterocycles. The predicted molar refractivity (Wildman–Crippen MR) is 160 cm³/mol. The molecular weight excluding hydrogens is 524 g/mol. The molecule has 214 valence electrons. The molecule has 3 aliphatic rings. The third kappa shape index (κ3) is 4.57. The number of carbonyl (C=O) groups is 3. The average Bonchev–Trinajstić information content (AvgIpc) is 3.52. The highest BCUT2D eigenvalue weighted by Crippen LogP contribution is 2.71. The summed E-state index contributed by atoms with van der Waals surface area (Å²) in [5.41, 5.74) is 2.42. The topological polar surface area (TPSA) is 102 Å². The number of rotatable bonds is 10. The number of benzene rings is 2. The molecule has 3 amide bonds. The van der Waals surface area contributed by atoms with Gasteiger partial charge in [-0.05, 0) is 76.4 Å². The smallest absolute Gasteiger partial charge is 0.248 e. The van der Waals surface area contributed by atoms with Crippen molar-refractivity contribution in [3.05, 3.63) is 54.6 Å². The minimum atomic E-state index is -0.786. The fourth-order valence-corrected chi connectivity index (χ4v) is 9.51. The number of nitrogens with one attached hydrogen (secondary N) is 2. The Kier molecular flexibility index (Phi) is 7.90. The van der Waals surface area contributed by atoms with Gasteiger partial charge in [0.15, 0.2) is 0 Å². The van der Waals surface area contributed by atoms with Crippen LogP contribution in [0.2, 0.25) is 0 Å². The number of amides is 3. The Hall–Kier alpha value is -3.04. The number of aliphatic hydroxyl groups excluding tert-OH is 1. The van der Waals surface area contributed by atoms with Crippen molar-refractivity contribution in [3.63, 3.8) is 0 Å². The van der Waals surface area contributed by atoms with Crippen LogP contribution in [0.1, 0.15) is 47.0 Å². The zero-order valence-corrected chi connectivity index (χ0v) is 24.5. The summed E-state index contributed by atoms with van der Waals surface area (Å²) in [6, 6.07) is 15.7. The Morgan fingerprint density at radius 1 is 1.00 bits per heavy atom. The molecule has 1 spiro atoms. The van der Waals surface area contributed by atoms with Gasteiger partial charge in [-0.15, -0.1) is 11.8 Å². The van der Waals surface area contributed by atoms with Crippen molar-refractivity contribution in [2.24, 2.45) is 11.8 Å². The quantitative estimate of drug-likeness (QED) is 0.396. The number of nitrogens with zero attached hydrogens (tertiary/aromatic N) is 2. The van der Waals surface area contributed by atoms with Crippen molar-refractivity contribution in [3.8, 4) is 0 Å². The molecule has 6 atom stereocenters. The summed E-state index contributed by atoms with van der Waals surface area (Å²) < 4.78 is -1.20. The first-order valence-corrected chi connectivity index (χ1v) is 15.2. The van der Waals surface area contributed by atoms with E-state index in [4.69, 9.17) is 0 Å². The molecule has 2 bridgehead atoms. The maximum absolute atomic E-state index is 14.2. The fourth-order valence-electron chi connectivity index (χ4n) is 7.17. The van der Waals surface area contributed by atoms with Crippen LogP contribution in [0.4, 0.5) is 17.1 Å². The van der Waals surface area contributed by atoms with E-state index >= 15 is 0 Å². The number of likely N-dealkylation sites (tertiary alicyclic amines) is 1. The van der Waals surface area contributed by atoms with Gasteiger partial charge in [-0.25, -0.2) is 0 Å². The van der Waals surface area contributed by atoms with E-state index in [1.165, 1.54) is 0 Å². The zero-order valence-electron chi connectivity index (χ0n) is 23.7. The van der Waals surface area contributed by atoms with Crippen molar-refractivity contribution in [2.75, 3.05) is 35.2 Å². The van der Waals surface area contributed by atoms with Crippen LogP contribution in [-0.2, 0) is 14.4 Å². The SMILES string of the molecule is CC[C@@H](CO)N1C(=O)[C@@H]2[C@@H](C(=O)Nc3ccccc3)[C@@]3(C)CCC2(S3)C1C(=O)Nc1ccc(N(CC)CC)cc1. The molecule has 2 unspecified atom stereocenters. The molecule has 0 aromatic heterocycles. The molecule has 3 fully saturated rings. The van der Waals surface area contributed by atoms with Crippen LogP contribution in [0.5, 0.6) is 0 Å². The van der Waals surface area contributed by atoms with Crippen molar-refractivity contribution in [1.29, 1.82) is 0 Å². The van der Waals surface area contributed by atoms with Crippen molar-refractivity contribution >= 4 is 46.5 Å². The molecule has 0 aliphatic carbocycles. The molecule has 40 heavy (non-hydrogen) atoms. The van der Waals surface area contributed by atoms with Crippen LogP contribution >= 0.6 is 11.8 Å². The normalized spacial score (nSPS) is 29.3. The highest BCUT2D eigenvalue weighted by Gasteiger charge is 2.77. The van der Waals surface area contributed by atoms with Crippen LogP contribution in [0.15, 0.2) is 54.6 Å². The highest BCUT2D eigenvalue weighted by atomic mass is 32.2. The van der Waals surface area contributed by atoms with Crippen molar-refractivity contribution < 1.29 is 19.5 Å². The Morgan fingerprint density at radius 2 is 1.62 bits per heavy atom. The predicted octanol–water partition coefficient (Wildman–Crippen LogP) is 4.36. The van der Waals surface area contributed by atoms with E-state index in [1.807, 2.05) is 61.5 Å². The molecule has 2 aromatic rings. The van der Waals surface area contributed by atoms with E-state index in [0.717, 1.165) is 25.2 Å². The van der Waals surface area contributed by atoms with E-state index in [-0.39, 0.29) is 24.3 Å². The maximum Gasteiger partial charge on any atom is 0.248 e. The van der Waals surface area contributed by atoms with Gasteiger partial charge < -0.3 is 25.5 Å². The Labute approximate surface area is 240 Å². The first-order valence-electron chi connectivity index (χ1n) is 14.4. The number of aliphatic hydroxyl groups is 1. The minimum absolute atomic E-state index is 0.189. The number of carbonyl (C=O) groups excluding carboxylic acids is 3. The molecule has 8 nitrogen and oxygen atoms in total. The average molecular weight is 565 g/mol. The Bertz CT molecular complexity index is 1250. The summed E-state index contributed by atoms with van der Waals surface area (Å²) in [7, 11) is 0. The summed E-state index contributed by atoms with van der Waals surface area (Å²) in [5.74, 6) is -1.88. The Balaban J connectivity index is 1.48. The number of anilines is 3. The van der Waals surface area contributed by atoms with Gasteiger partial charge in [-0.1, -0.05) is 25.1 Å². The van der Waals surface area contributed by atoms with Gasteiger partial charge in [-0.3, -0.25) is 14.4 Å². The first-order chi connectivity index (χ1) is 19.2. The third-order valence-corrected chi connectivity index (χ3v) is 11.1. The number of hydrogen-bond acceptors (Lipinski definition) is 6. The summed E-state index contributed by atoms with van der Waals surface area (Å²) in [6.45, 7) is 9.71. The standard InChI is InChI=1S/C31H40N4O4S/c1-5-22(19-36)35-26(28(38)33-21-13-15-23(16-14-21)34(6-2)7-3)31-18-17-30(4,40-31)24(25(31)29(35)39)27(37)32-20-11-9-8-10-12-20/h8-16,22,24-26,36H,5-7,17-19H2,1-4H3,(H,32,37)(H,33,38)/t22-,24-,25-,26?,30+,31?/m0/s1. The molecule has 5 rings (SSSR count). The van der Waals surface area contributed by atoms with Gasteiger partial charge in [0.1, 0.15) is 6.04 Å². The van der Waals surface area contributed by atoms with Crippen LogP contribution < -0.4 is 15.5 Å². The fraction of sp³-hybridized carbons (Fsp3) is 0.516. The summed E-state index contributed by atoms with van der Waals surface area (Å²) in [6.07, 6.45) is 1.91. The number of fused-ring (bicyclic) bond motifs is 1. The molecule has 9 heteroatoms. The lowest BCUT2D eigenvalue weighted by atomic mass is 9.66. The maximum atomic E-state index is 14.2. The molecule has 0 saturated carbocycles. The number of para-hydroxylation sites is 1. The van der Waals surface area contributed by atoms with Crippen LogP contribution in [-0.4, -0.2) is 69.0 Å². The first kappa shape index (κ1) is 28.5. The monoisotopic (exact) mass is 564 g/mol. The molecule has 2 aromatic carbocycles. The lowest BCUT2D eigenvalue weighted by Crippen LogP contribution is -2.54. The minimum Gasteiger partial charge on any atom is -0.394 e. The largest absolute Gasteiger partial charge is 0.394 e. The summed E-state index contributed by atoms with van der Waals surface area (Å²) in [5, 5.41) is 16.4. The van der Waals surface area contributed by atoms with E-state index in [0.29, 0.717) is 24.2 Å². The van der Waals surface area contributed by atoms with Gasteiger partial charge in [0, 0.05) is 34.9 Å². The van der Waals surface area contributed by atoms with Gasteiger partial charge in [-0.2, -0.15) is 0 Å². The molecule has 3 aliphatic heterocycles. The van der Waals surface area contributed by atoms with Crippen LogP contribution in [0.25, 0.3) is 0 Å². The van der Waals surface area contributed by atoms with E-state index in [2.05, 4.69) is 36.3 Å². The lowest BCUT2D eigenvalue weighted by molar-refractivity contribution is -0.141. The summed E-state index contributed by atoms with van der Waals surface area (Å²) >= 11 is 1.63. The van der Waals surface area contributed by atoms with Gasteiger partial charge >= 0.3 is 0 Å². The van der Waals surface area contributed by atoms with Gasteiger partial charge in [0.25, 0.3) is 0 Å². The van der Waals surface area contributed by atoms with E-state index in [1.54, 1.807) is 16.7 Å². The second kappa shape index (κ2) is 11.1. The second-order valence-electron chi connectivity index (χ2n) is 11.3. The van der Waals surface area contributed by atoms with E-state index in [9.17, 15) is 19.5 Å². The van der Waals surface area contributed by atoms with Crippen LogP contribution in [0, 0.1) is 11.8 Å². The number of thioether (sulfide) groups is 1. The number of hydrogen-bond donors (Lipinski definition) is 3. The molecular formula is C31H40N4O4S. The Morgan fingerprint density at radius 3 is 2.23 bits per heavy atom. The lowest BCUT2D eigenvalue weighted by Gasteiger charge is -2.36. The van der Waals surface area contributed by atoms with Crippen molar-refractivity contribution in [2.45, 2.75) is 68.5 Å². The van der Waals surface area contributed by atoms with Crippen molar-refractivity contribution in [1.82, 2.24) is 4.90 Å². The van der Waals surface area contributed by atoms with Gasteiger partial charge in [0.05, 0.1) is 29.2 Å². The van der Waals surface area contributed by atoms with Crippen LogP contribution in [0.3, 0.4) is 0 Å². The highest BCUT2D eigenvalue weighted by molar-refractivity contribution is 8.02. The molecule has 3 saturated heterocycles. The molecule has 3 N–H and O–H groups in total. The third-order valence-electron chi connectivity index (χ3n) is 9.13. The zero-order chi connectivity index (χ0) is 28.7. The van der Waals surface area contributed by atoms with Gasteiger partial charge in [0.2, 0.25) is 17.7 Å². The molecule has 0 radical (unpaired) electrons. The summed E-state index contributed by atoms with van der Waals surface area (Å²) in [4.78, 5) is 46.0. The van der Waals surface area contributed by atoms with E-state index < -0.39 is 33.4 Å². The second-order valence-corrected chi connectivity index (χ2v) is 13.2.